The summed E-state index contributed by atoms with van der Waals surface area (Å²) in [4.78, 5) is 0. The second kappa shape index (κ2) is 6.41. The second-order valence-corrected chi connectivity index (χ2v) is 26.2. The zero-order valence-electron chi connectivity index (χ0n) is 14.1. The summed E-state index contributed by atoms with van der Waals surface area (Å²) in [5.74, 6) is 0. The van der Waals surface area contributed by atoms with E-state index in [9.17, 15) is 0 Å². The number of aryl methyl sites for hydroxylation is 3. The Kier molecular flexibility index (Phi) is 4.77. The number of halogens is 2. The monoisotopic (exact) mass is 464 g/mol. The van der Waals surface area contributed by atoms with Crippen LogP contribution in [0.5, 0.6) is 0 Å². The van der Waals surface area contributed by atoms with Crippen LogP contribution in [0.3, 0.4) is 0 Å². The predicted octanol–water partition coefficient (Wildman–Crippen LogP) is 4.51. The Labute approximate surface area is 152 Å². The Balaban J connectivity index is 2.33. The van der Waals surface area contributed by atoms with Crippen LogP contribution in [0.25, 0.3) is 0 Å². The molecule has 3 aromatic carbocycles. The van der Waals surface area contributed by atoms with Crippen molar-refractivity contribution in [1.82, 2.24) is 0 Å². The fourth-order valence-electron chi connectivity index (χ4n) is 2.87. The first-order valence-electron chi connectivity index (χ1n) is 7.97. The van der Waals surface area contributed by atoms with E-state index in [1.165, 1.54) is 16.7 Å². The molecular weight excluding hydrogens is 445 g/mol. The van der Waals surface area contributed by atoms with Crippen LogP contribution < -0.4 is 10.5 Å². The molecule has 0 radical (unpaired) electrons. The van der Waals surface area contributed by atoms with Crippen molar-refractivity contribution in [3.63, 3.8) is 0 Å². The van der Waals surface area contributed by atoms with Gasteiger partial charge in [0.05, 0.1) is 0 Å². The molecule has 0 saturated carbocycles. The first-order valence-corrected chi connectivity index (χ1v) is 18.3. The van der Waals surface area contributed by atoms with E-state index in [-0.39, 0.29) is 0 Å². The molecule has 3 heteroatoms. The molecule has 0 aliphatic rings. The van der Waals surface area contributed by atoms with Crippen molar-refractivity contribution in [2.75, 3.05) is 0 Å². The Hall–Kier alpha value is -0.942. The summed E-state index contributed by atoms with van der Waals surface area (Å²) in [6, 6.07) is 25.1. The van der Waals surface area contributed by atoms with Gasteiger partial charge in [-0.1, -0.05) is 0 Å². The topological polar surface area (TPSA) is 0 Å². The van der Waals surface area contributed by atoms with E-state index in [1.54, 1.807) is 0 Å². The van der Waals surface area contributed by atoms with E-state index in [1.807, 2.05) is 0 Å². The van der Waals surface area contributed by atoms with E-state index in [2.05, 4.69) is 93.6 Å². The summed E-state index contributed by atoms with van der Waals surface area (Å²) < 4.78 is 3.14. The maximum atomic E-state index is 7.49. The average Bonchev–Trinajstić information content (AvgIpc) is 2.56. The molecule has 0 spiro atoms. The van der Waals surface area contributed by atoms with Gasteiger partial charge in [0.1, 0.15) is 0 Å². The number of hydrogen-bond acceptors (Lipinski definition) is 0. The quantitative estimate of drug-likeness (QED) is 0.499. The minimum absolute atomic E-state index is 1.05. The van der Waals surface area contributed by atoms with Crippen LogP contribution >= 0.6 is 17.7 Å². The molecule has 0 N–H and O–H groups in total. The fraction of sp³-hybridized carbons (Fsp3) is 0.143. The van der Waals surface area contributed by atoms with Gasteiger partial charge in [-0.2, -0.15) is 0 Å². The van der Waals surface area contributed by atoms with Gasteiger partial charge in [0.2, 0.25) is 0 Å². The molecule has 0 unspecified atom stereocenters. The third-order valence-corrected chi connectivity index (χ3v) is 22.6. The number of benzene rings is 3. The molecule has 0 aromatic heterocycles. The molecule has 0 fully saturated rings. The van der Waals surface area contributed by atoms with Crippen LogP contribution in [0.1, 0.15) is 16.7 Å². The average molecular weight is 466 g/mol. The Morgan fingerprint density at radius 3 is 0.875 bits per heavy atom. The molecule has 0 aliphatic heterocycles. The van der Waals surface area contributed by atoms with Crippen LogP contribution in [0.15, 0.2) is 72.8 Å². The van der Waals surface area contributed by atoms with E-state index in [0.717, 1.165) is 10.5 Å². The van der Waals surface area contributed by atoms with Gasteiger partial charge >= 0.3 is 154 Å². The van der Waals surface area contributed by atoms with E-state index < -0.39 is 15.1 Å². The number of rotatable bonds is 3. The molecule has 0 amide bonds. The molecule has 0 bridgehead atoms. The van der Waals surface area contributed by atoms with Crippen molar-refractivity contribution >= 4 is 43.3 Å². The van der Waals surface area contributed by atoms with Crippen molar-refractivity contribution in [2.45, 2.75) is 20.8 Å². The van der Waals surface area contributed by atoms with Gasteiger partial charge in [-0.05, 0) is 0 Å². The Morgan fingerprint density at radius 1 is 0.458 bits per heavy atom. The van der Waals surface area contributed by atoms with Gasteiger partial charge in [0.25, 0.3) is 0 Å². The van der Waals surface area contributed by atoms with Gasteiger partial charge < -0.3 is 0 Å². The van der Waals surface area contributed by atoms with Crippen molar-refractivity contribution in [3.05, 3.63) is 89.5 Å². The van der Waals surface area contributed by atoms with Crippen molar-refractivity contribution in [2.24, 2.45) is 0 Å². The zero-order valence-corrected chi connectivity index (χ0v) is 18.2. The Morgan fingerprint density at radius 2 is 0.667 bits per heavy atom. The summed E-state index contributed by atoms with van der Waals surface area (Å²) in [6.07, 6.45) is 0. The molecule has 0 saturated heterocycles. The first-order chi connectivity index (χ1) is 11.3. The number of hydrogen-bond donors (Lipinski definition) is 0. The molecule has 24 heavy (non-hydrogen) atoms. The normalized spacial score (nSPS) is 13.3. The van der Waals surface area contributed by atoms with Crippen molar-refractivity contribution in [1.29, 1.82) is 0 Å². The van der Waals surface area contributed by atoms with Crippen LogP contribution in [-0.2, 0) is 0 Å². The summed E-state index contributed by atoms with van der Waals surface area (Å²) in [5, 5.41) is 0. The molecule has 124 valence electrons. The SMILES string of the molecule is Cc1cc[c]([Sb]([Cl])([Cl])([c]2ccc(C)cc2)[c]2ccc(C)cc2)cc1. The predicted molar refractivity (Wildman–Crippen MR) is 110 cm³/mol. The summed E-state index contributed by atoms with van der Waals surface area (Å²) in [7, 11) is 15.0. The standard InChI is InChI=1S/3C7H7.2ClH.Sb/c3*1-7-5-3-2-4-6-7;;;/h3*3-6H,1H3;2*1H;/q;;;;;+2/p-2. The summed E-state index contributed by atoms with van der Waals surface area (Å²) >= 11 is -4.50. The molecule has 0 aliphatic carbocycles. The minimum atomic E-state index is -4.50. The maximum absolute atomic E-state index is 7.49. The van der Waals surface area contributed by atoms with Crippen LogP contribution in [0.2, 0.25) is 0 Å². The molecule has 3 rings (SSSR count). The van der Waals surface area contributed by atoms with E-state index >= 15 is 0 Å². The van der Waals surface area contributed by atoms with Crippen LogP contribution in [0.4, 0.5) is 0 Å². The van der Waals surface area contributed by atoms with E-state index in [4.69, 9.17) is 17.7 Å². The third kappa shape index (κ3) is 3.01. The summed E-state index contributed by atoms with van der Waals surface area (Å²) in [5.41, 5.74) is 3.61. The van der Waals surface area contributed by atoms with Gasteiger partial charge in [0, 0.05) is 0 Å². The van der Waals surface area contributed by atoms with Crippen molar-refractivity contribution in [3.8, 4) is 0 Å². The summed E-state index contributed by atoms with van der Waals surface area (Å²) in [6.45, 7) is 6.23. The third-order valence-electron chi connectivity index (χ3n) is 4.46. The van der Waals surface area contributed by atoms with Gasteiger partial charge in [-0.3, -0.25) is 0 Å². The van der Waals surface area contributed by atoms with Gasteiger partial charge in [-0.25, -0.2) is 0 Å². The Bertz CT molecular complexity index is 730. The molecule has 0 nitrogen and oxygen atoms in total. The van der Waals surface area contributed by atoms with Gasteiger partial charge in [0.15, 0.2) is 0 Å². The molecule has 3 aromatic rings. The van der Waals surface area contributed by atoms with Crippen LogP contribution in [-0.4, -0.2) is 15.1 Å². The first kappa shape index (κ1) is 17.9. The zero-order chi connectivity index (χ0) is 17.4. The fourth-order valence-corrected chi connectivity index (χ4v) is 15.7. The van der Waals surface area contributed by atoms with Gasteiger partial charge in [-0.15, -0.1) is 0 Å². The second-order valence-electron chi connectivity index (χ2n) is 6.41. The molecular formula is C21H21Cl2Sb. The molecule has 0 atom stereocenters. The van der Waals surface area contributed by atoms with Crippen LogP contribution in [0, 0.1) is 20.8 Å². The van der Waals surface area contributed by atoms with Crippen molar-refractivity contribution < 1.29 is 0 Å². The van der Waals surface area contributed by atoms with E-state index in [0.29, 0.717) is 0 Å². The molecule has 0 heterocycles.